The van der Waals surface area contributed by atoms with Gasteiger partial charge in [-0.05, 0) is 75.1 Å². The third kappa shape index (κ3) is 5.47. The highest BCUT2D eigenvalue weighted by Gasteiger charge is 2.18. The van der Waals surface area contributed by atoms with Gasteiger partial charge >= 0.3 is 0 Å². The molecule has 0 fully saturated rings. The van der Waals surface area contributed by atoms with Gasteiger partial charge in [-0.1, -0.05) is 61.9 Å². The lowest BCUT2D eigenvalue weighted by atomic mass is 9.93. The molecule has 0 aliphatic carbocycles. The second kappa shape index (κ2) is 11.8. The predicted octanol–water partition coefficient (Wildman–Crippen LogP) is 6.29. The minimum Gasteiger partial charge on any atom is -0.388 e. The van der Waals surface area contributed by atoms with Gasteiger partial charge in [0.05, 0.1) is 11.4 Å². The summed E-state index contributed by atoms with van der Waals surface area (Å²) < 4.78 is 2.24. The van der Waals surface area contributed by atoms with Gasteiger partial charge in [0.1, 0.15) is 5.65 Å². The number of aromatic nitrogens is 2. The minimum atomic E-state index is 0.916. The van der Waals surface area contributed by atoms with Crippen molar-refractivity contribution in [3.8, 4) is 22.4 Å². The molecular formula is C30H39N5. The van der Waals surface area contributed by atoms with Crippen LogP contribution in [0, 0.1) is 13.8 Å². The van der Waals surface area contributed by atoms with Crippen LogP contribution in [-0.4, -0.2) is 23.5 Å². The summed E-state index contributed by atoms with van der Waals surface area (Å²) in [5.41, 5.74) is 15.5. The molecule has 0 amide bonds. The van der Waals surface area contributed by atoms with Gasteiger partial charge in [0.2, 0.25) is 0 Å². The molecule has 0 unspecified atom stereocenters. The van der Waals surface area contributed by atoms with E-state index in [9.17, 15) is 0 Å². The summed E-state index contributed by atoms with van der Waals surface area (Å²) in [7, 11) is 3.65. The highest BCUT2D eigenvalue weighted by Crippen LogP contribution is 2.36. The Kier molecular flexibility index (Phi) is 8.85. The number of hydrogen-bond donors (Lipinski definition) is 3. The maximum Gasteiger partial charge on any atom is 0.138 e. The Labute approximate surface area is 210 Å². The van der Waals surface area contributed by atoms with Crippen molar-refractivity contribution >= 4 is 11.3 Å². The molecule has 2 aromatic heterocycles. The zero-order chi connectivity index (χ0) is 25.5. The number of nitrogens with one attached hydrogen (secondary N) is 2. The molecule has 0 saturated carbocycles. The van der Waals surface area contributed by atoms with Crippen molar-refractivity contribution in [1.82, 2.24) is 20.1 Å². The van der Waals surface area contributed by atoms with Crippen LogP contribution in [-0.2, 0) is 6.42 Å². The van der Waals surface area contributed by atoms with Gasteiger partial charge in [0, 0.05) is 30.1 Å². The van der Waals surface area contributed by atoms with Crippen molar-refractivity contribution in [1.29, 1.82) is 0 Å². The summed E-state index contributed by atoms with van der Waals surface area (Å²) in [6, 6.07) is 19.7. The number of hydrogen-bond acceptors (Lipinski definition) is 4. The second-order valence-corrected chi connectivity index (χ2v) is 8.82. The molecule has 4 N–H and O–H groups in total. The van der Waals surface area contributed by atoms with Crippen LogP contribution in [0.25, 0.3) is 33.7 Å². The quantitative estimate of drug-likeness (QED) is 0.229. The van der Waals surface area contributed by atoms with Crippen LogP contribution in [0.15, 0.2) is 66.4 Å². The van der Waals surface area contributed by atoms with Crippen molar-refractivity contribution in [2.75, 3.05) is 14.1 Å². The number of benzene rings is 2. The first-order chi connectivity index (χ1) is 16.9. The summed E-state index contributed by atoms with van der Waals surface area (Å²) in [6.45, 7) is 10.9. The lowest BCUT2D eigenvalue weighted by molar-refractivity contribution is 0.900. The van der Waals surface area contributed by atoms with Gasteiger partial charge in [-0.15, -0.1) is 0 Å². The first-order valence-corrected chi connectivity index (χ1v) is 12.3. The molecule has 0 bridgehead atoms. The normalized spacial score (nSPS) is 11.7. The lowest BCUT2D eigenvalue weighted by Crippen LogP contribution is -2.13. The summed E-state index contributed by atoms with van der Waals surface area (Å²) in [6.07, 6.45) is 4.10. The number of nitrogens with two attached hydrogens (primary N) is 1. The molecule has 5 heteroatoms. The van der Waals surface area contributed by atoms with E-state index in [1.165, 1.54) is 50.3 Å². The van der Waals surface area contributed by atoms with Gasteiger partial charge in [0.15, 0.2) is 0 Å². The topological polar surface area (TPSA) is 67.4 Å². The van der Waals surface area contributed by atoms with Gasteiger partial charge in [0.25, 0.3) is 0 Å². The molecule has 2 aromatic carbocycles. The highest BCUT2D eigenvalue weighted by atomic mass is 15.2. The fourth-order valence-corrected chi connectivity index (χ4v) is 4.63. The van der Waals surface area contributed by atoms with E-state index in [0.29, 0.717) is 0 Å². The van der Waals surface area contributed by atoms with Crippen LogP contribution in [0.4, 0.5) is 0 Å². The molecule has 4 aromatic rings. The van der Waals surface area contributed by atoms with Crippen LogP contribution in [0.1, 0.15) is 49.6 Å². The fraction of sp³-hybridized carbons (Fsp3) is 0.300. The van der Waals surface area contributed by atoms with Crippen molar-refractivity contribution in [3.63, 3.8) is 0 Å². The number of imidazole rings is 1. The summed E-state index contributed by atoms with van der Waals surface area (Å²) in [5.74, 6) is 4.60. The fourth-order valence-electron chi connectivity index (χ4n) is 4.63. The van der Waals surface area contributed by atoms with Crippen LogP contribution >= 0.6 is 0 Å². The molecule has 0 spiro atoms. The van der Waals surface area contributed by atoms with Crippen molar-refractivity contribution in [2.45, 2.75) is 47.5 Å². The van der Waals surface area contributed by atoms with E-state index in [2.05, 4.69) is 116 Å². The third-order valence-electron chi connectivity index (χ3n) is 6.41. The average molecular weight is 470 g/mol. The zero-order valence-corrected chi connectivity index (χ0v) is 22.2. The van der Waals surface area contributed by atoms with E-state index in [4.69, 9.17) is 4.98 Å². The van der Waals surface area contributed by atoms with Crippen molar-refractivity contribution in [3.05, 3.63) is 88.8 Å². The van der Waals surface area contributed by atoms with E-state index < -0.39 is 0 Å². The maximum atomic E-state index is 5.16. The van der Waals surface area contributed by atoms with E-state index in [1.807, 2.05) is 7.05 Å². The predicted molar refractivity (Wildman–Crippen MR) is 150 cm³/mol. The Morgan fingerprint density at radius 3 is 2.23 bits per heavy atom. The number of nitrogens with zero attached hydrogens (tertiary/aromatic N) is 2. The molecule has 184 valence electrons. The molecular weight excluding hydrogens is 430 g/mol. The minimum absolute atomic E-state index is 0.916. The van der Waals surface area contributed by atoms with Crippen molar-refractivity contribution < 1.29 is 0 Å². The first kappa shape index (κ1) is 26.2. The van der Waals surface area contributed by atoms with E-state index in [-0.39, 0.29) is 0 Å². The molecule has 4 rings (SSSR count). The van der Waals surface area contributed by atoms with Crippen LogP contribution in [0.3, 0.4) is 0 Å². The summed E-state index contributed by atoms with van der Waals surface area (Å²) in [4.78, 5) is 5.16. The monoisotopic (exact) mass is 469 g/mol. The Bertz CT molecular complexity index is 1330. The van der Waals surface area contributed by atoms with Crippen LogP contribution < -0.4 is 16.6 Å². The van der Waals surface area contributed by atoms with Gasteiger partial charge < -0.3 is 9.72 Å². The third-order valence-corrected chi connectivity index (χ3v) is 6.41. The lowest BCUT2D eigenvalue weighted by Gasteiger charge is -2.13. The Balaban J connectivity index is 0.00000108. The smallest absolute Gasteiger partial charge is 0.138 e. The molecule has 2 heterocycles. The Morgan fingerprint density at radius 1 is 0.943 bits per heavy atom. The number of aryl methyl sites for hydroxylation is 3. The number of pyridine rings is 1. The molecule has 0 radical (unpaired) electrons. The Morgan fingerprint density at radius 2 is 1.63 bits per heavy atom. The number of hydrazine groups is 1. The summed E-state index contributed by atoms with van der Waals surface area (Å²) >= 11 is 0. The molecule has 5 nitrogen and oxygen atoms in total. The average Bonchev–Trinajstić information content (AvgIpc) is 3.22. The van der Waals surface area contributed by atoms with Crippen molar-refractivity contribution in [2.24, 2.45) is 5.84 Å². The van der Waals surface area contributed by atoms with Gasteiger partial charge in [-0.3, -0.25) is 11.3 Å². The number of allylic oxidation sites excluding steroid dienone is 1. The maximum absolute atomic E-state index is 5.16. The van der Waals surface area contributed by atoms with Gasteiger partial charge in [-0.2, -0.15) is 0 Å². The standard InChI is InChI=1S/C29H33N3.CH6N2/c1-7-20(4)28(30-6)22-15-16-32-26(8-2)29(31-27(32)18-22)25-12-10-9-11-24(25)23-14-13-19(3)17-21(23)5;1-3-2/h9-18,30H,7-8H2,1-6H3;3H,2H2,1H3. The zero-order valence-electron chi connectivity index (χ0n) is 22.2. The molecule has 0 aliphatic rings. The molecule has 0 saturated heterocycles. The second-order valence-electron chi connectivity index (χ2n) is 8.82. The largest absolute Gasteiger partial charge is 0.388 e. The van der Waals surface area contributed by atoms with E-state index in [1.54, 1.807) is 7.05 Å². The SMILES string of the molecule is CCC(C)=C(NC)c1ccn2c(CC)c(-c3ccccc3-c3ccc(C)cc3C)nc2c1.CNN. The number of rotatable bonds is 6. The van der Waals surface area contributed by atoms with Crippen LogP contribution in [0.2, 0.25) is 0 Å². The number of fused-ring (bicyclic) bond motifs is 1. The first-order valence-electron chi connectivity index (χ1n) is 12.3. The molecule has 0 atom stereocenters. The molecule has 35 heavy (non-hydrogen) atoms. The van der Waals surface area contributed by atoms with Gasteiger partial charge in [-0.25, -0.2) is 4.98 Å². The Hall–Kier alpha value is -3.41. The highest BCUT2D eigenvalue weighted by molar-refractivity contribution is 5.85. The summed E-state index contributed by atoms with van der Waals surface area (Å²) in [5, 5.41) is 3.38. The van der Waals surface area contributed by atoms with E-state index >= 15 is 0 Å². The van der Waals surface area contributed by atoms with E-state index in [0.717, 1.165) is 24.2 Å². The van der Waals surface area contributed by atoms with Crippen LogP contribution in [0.5, 0.6) is 0 Å². The molecule has 0 aliphatic heterocycles.